The summed E-state index contributed by atoms with van der Waals surface area (Å²) in [4.78, 5) is 0. The second kappa shape index (κ2) is 6.50. The van der Waals surface area contributed by atoms with Gasteiger partial charge in [0.15, 0.2) is 0 Å². The molecule has 0 aliphatic rings. The molecule has 0 aromatic heterocycles. The van der Waals surface area contributed by atoms with E-state index in [1.807, 2.05) is 38.1 Å². The van der Waals surface area contributed by atoms with Crippen LogP contribution in [0.5, 0.6) is 5.75 Å². The summed E-state index contributed by atoms with van der Waals surface area (Å²) in [5.41, 5.74) is 7.02. The molecule has 3 heteroatoms. The van der Waals surface area contributed by atoms with Crippen molar-refractivity contribution in [1.29, 1.82) is 0 Å². The van der Waals surface area contributed by atoms with Crippen LogP contribution in [0.2, 0.25) is 0 Å². The number of nitrogens with two attached hydrogens (primary N) is 1. The molecule has 0 aliphatic heterocycles. The van der Waals surface area contributed by atoms with E-state index in [2.05, 4.69) is 19.2 Å². The number of ether oxygens (including phenoxy) is 1. The minimum Gasteiger partial charge on any atom is -0.489 e. The van der Waals surface area contributed by atoms with Crippen LogP contribution >= 0.6 is 0 Å². The van der Waals surface area contributed by atoms with Crippen molar-refractivity contribution in [2.24, 2.45) is 11.7 Å². The van der Waals surface area contributed by atoms with Crippen molar-refractivity contribution in [2.45, 2.75) is 39.8 Å². The first-order valence-corrected chi connectivity index (χ1v) is 6.26. The van der Waals surface area contributed by atoms with Crippen molar-refractivity contribution >= 4 is 5.69 Å². The van der Waals surface area contributed by atoms with E-state index < -0.39 is 0 Å². The molecule has 0 saturated heterocycles. The smallest absolute Gasteiger partial charge is 0.142 e. The minimum atomic E-state index is 0.155. The van der Waals surface area contributed by atoms with Gasteiger partial charge in [-0.25, -0.2) is 0 Å². The molecule has 1 unspecified atom stereocenters. The Kier molecular flexibility index (Phi) is 5.29. The molecule has 96 valence electrons. The summed E-state index contributed by atoms with van der Waals surface area (Å²) < 4.78 is 5.73. The molecule has 0 spiro atoms. The van der Waals surface area contributed by atoms with Crippen LogP contribution in [-0.4, -0.2) is 18.7 Å². The van der Waals surface area contributed by atoms with Gasteiger partial charge >= 0.3 is 0 Å². The van der Waals surface area contributed by atoms with E-state index in [4.69, 9.17) is 10.5 Å². The SMILES string of the molecule is CC(C)Oc1ccccc1NCC(N)C(C)C. The predicted octanol–water partition coefficient (Wildman–Crippen LogP) is 2.87. The van der Waals surface area contributed by atoms with Gasteiger partial charge in [-0.05, 0) is 31.9 Å². The monoisotopic (exact) mass is 236 g/mol. The molecule has 0 heterocycles. The highest BCUT2D eigenvalue weighted by Crippen LogP contribution is 2.24. The van der Waals surface area contributed by atoms with Crippen molar-refractivity contribution in [3.63, 3.8) is 0 Å². The molecule has 1 aromatic rings. The fourth-order valence-electron chi connectivity index (χ4n) is 1.43. The molecule has 17 heavy (non-hydrogen) atoms. The van der Waals surface area contributed by atoms with E-state index in [0.717, 1.165) is 18.0 Å². The maximum absolute atomic E-state index is 6.01. The van der Waals surface area contributed by atoms with E-state index in [0.29, 0.717) is 5.92 Å². The van der Waals surface area contributed by atoms with E-state index in [9.17, 15) is 0 Å². The van der Waals surface area contributed by atoms with Crippen LogP contribution in [0, 0.1) is 5.92 Å². The van der Waals surface area contributed by atoms with Gasteiger partial charge in [0.05, 0.1) is 11.8 Å². The summed E-state index contributed by atoms with van der Waals surface area (Å²) in [5, 5.41) is 3.35. The van der Waals surface area contributed by atoms with Crippen LogP contribution in [0.15, 0.2) is 24.3 Å². The highest BCUT2D eigenvalue weighted by molar-refractivity contribution is 5.56. The average molecular weight is 236 g/mol. The highest BCUT2D eigenvalue weighted by atomic mass is 16.5. The van der Waals surface area contributed by atoms with Gasteiger partial charge in [-0.1, -0.05) is 26.0 Å². The Morgan fingerprint density at radius 2 is 1.82 bits per heavy atom. The van der Waals surface area contributed by atoms with Crippen molar-refractivity contribution in [2.75, 3.05) is 11.9 Å². The lowest BCUT2D eigenvalue weighted by molar-refractivity contribution is 0.243. The second-order valence-electron chi connectivity index (χ2n) is 4.95. The van der Waals surface area contributed by atoms with Crippen LogP contribution < -0.4 is 15.8 Å². The number of hydrogen-bond acceptors (Lipinski definition) is 3. The molecule has 1 atom stereocenters. The predicted molar refractivity (Wildman–Crippen MR) is 73.5 cm³/mol. The number of nitrogens with one attached hydrogen (secondary N) is 1. The molecule has 0 saturated carbocycles. The Bertz CT molecular complexity index is 337. The molecule has 0 aliphatic carbocycles. The van der Waals surface area contributed by atoms with Gasteiger partial charge in [-0.2, -0.15) is 0 Å². The first-order chi connectivity index (χ1) is 8.00. The number of hydrogen-bond donors (Lipinski definition) is 2. The molecule has 0 fully saturated rings. The molecule has 0 bridgehead atoms. The zero-order valence-electron chi connectivity index (χ0n) is 11.2. The normalized spacial score (nSPS) is 12.9. The maximum atomic E-state index is 6.01. The van der Waals surface area contributed by atoms with Gasteiger partial charge in [0.25, 0.3) is 0 Å². The third-order valence-corrected chi connectivity index (χ3v) is 2.63. The van der Waals surface area contributed by atoms with Gasteiger partial charge in [0.2, 0.25) is 0 Å². The quantitative estimate of drug-likeness (QED) is 0.798. The largest absolute Gasteiger partial charge is 0.489 e. The number of anilines is 1. The van der Waals surface area contributed by atoms with E-state index in [1.54, 1.807) is 0 Å². The summed E-state index contributed by atoms with van der Waals surface area (Å²) in [7, 11) is 0. The van der Waals surface area contributed by atoms with Crippen LogP contribution in [0.25, 0.3) is 0 Å². The number of rotatable bonds is 6. The van der Waals surface area contributed by atoms with E-state index >= 15 is 0 Å². The van der Waals surface area contributed by atoms with Crippen LogP contribution in [0.3, 0.4) is 0 Å². The number of para-hydroxylation sites is 2. The first-order valence-electron chi connectivity index (χ1n) is 6.26. The van der Waals surface area contributed by atoms with E-state index in [1.165, 1.54) is 0 Å². The van der Waals surface area contributed by atoms with Crippen LogP contribution in [0.1, 0.15) is 27.7 Å². The Hall–Kier alpha value is -1.22. The summed E-state index contributed by atoms with van der Waals surface area (Å²) in [6, 6.07) is 8.12. The molecule has 3 nitrogen and oxygen atoms in total. The Morgan fingerprint density at radius 3 is 2.41 bits per heavy atom. The third-order valence-electron chi connectivity index (χ3n) is 2.63. The molecule has 3 N–H and O–H groups in total. The fraction of sp³-hybridized carbons (Fsp3) is 0.571. The average Bonchev–Trinajstić information content (AvgIpc) is 2.26. The zero-order valence-corrected chi connectivity index (χ0v) is 11.2. The summed E-state index contributed by atoms with van der Waals surface area (Å²) in [6.07, 6.45) is 0.178. The summed E-state index contributed by atoms with van der Waals surface area (Å²) in [6.45, 7) is 9.06. The summed E-state index contributed by atoms with van der Waals surface area (Å²) >= 11 is 0. The van der Waals surface area contributed by atoms with Crippen LogP contribution in [-0.2, 0) is 0 Å². The first kappa shape index (κ1) is 13.8. The lowest BCUT2D eigenvalue weighted by atomic mass is 10.1. The number of benzene rings is 1. The maximum Gasteiger partial charge on any atom is 0.142 e. The molecular formula is C14H24N2O. The molecular weight excluding hydrogens is 212 g/mol. The van der Waals surface area contributed by atoms with Gasteiger partial charge in [-0.3, -0.25) is 0 Å². The van der Waals surface area contributed by atoms with Crippen molar-refractivity contribution in [3.05, 3.63) is 24.3 Å². The van der Waals surface area contributed by atoms with Crippen molar-refractivity contribution in [1.82, 2.24) is 0 Å². The lowest BCUT2D eigenvalue weighted by Crippen LogP contribution is -2.34. The Balaban J connectivity index is 2.63. The van der Waals surface area contributed by atoms with E-state index in [-0.39, 0.29) is 12.1 Å². The molecule has 1 aromatic carbocycles. The van der Waals surface area contributed by atoms with Gasteiger partial charge < -0.3 is 15.8 Å². The summed E-state index contributed by atoms with van der Waals surface area (Å²) in [5.74, 6) is 1.36. The standard InChI is InChI=1S/C14H24N2O/c1-10(2)12(15)9-16-13-7-5-6-8-14(13)17-11(3)4/h5-8,10-12,16H,9,15H2,1-4H3. The van der Waals surface area contributed by atoms with Crippen molar-refractivity contribution in [3.8, 4) is 5.75 Å². The van der Waals surface area contributed by atoms with Gasteiger partial charge in [0.1, 0.15) is 5.75 Å². The third kappa shape index (κ3) is 4.65. The highest BCUT2D eigenvalue weighted by Gasteiger charge is 2.09. The minimum absolute atomic E-state index is 0.155. The molecule has 0 amide bonds. The zero-order chi connectivity index (χ0) is 12.8. The fourth-order valence-corrected chi connectivity index (χ4v) is 1.43. The van der Waals surface area contributed by atoms with Gasteiger partial charge in [-0.15, -0.1) is 0 Å². The Morgan fingerprint density at radius 1 is 1.18 bits per heavy atom. The van der Waals surface area contributed by atoms with Crippen molar-refractivity contribution < 1.29 is 4.74 Å². The Labute approximate surface area is 104 Å². The molecule has 1 rings (SSSR count). The molecule has 0 radical (unpaired) electrons. The van der Waals surface area contributed by atoms with Gasteiger partial charge in [0, 0.05) is 12.6 Å². The lowest BCUT2D eigenvalue weighted by Gasteiger charge is -2.19. The van der Waals surface area contributed by atoms with Crippen LogP contribution in [0.4, 0.5) is 5.69 Å². The second-order valence-corrected chi connectivity index (χ2v) is 4.95. The topological polar surface area (TPSA) is 47.3 Å².